The van der Waals surface area contributed by atoms with Gasteiger partial charge in [-0.2, -0.15) is 0 Å². The SMILES string of the molecule is O=C(C1COCCN1)N1CCC(O)C1. The van der Waals surface area contributed by atoms with Crippen molar-refractivity contribution in [2.45, 2.75) is 18.6 Å². The van der Waals surface area contributed by atoms with Crippen molar-refractivity contribution >= 4 is 5.91 Å². The van der Waals surface area contributed by atoms with E-state index in [1.165, 1.54) is 0 Å². The number of β-amino-alcohol motifs (C(OH)–C–C–N with tert-alkyl or cyclic N) is 1. The fourth-order valence-corrected chi connectivity index (χ4v) is 1.89. The van der Waals surface area contributed by atoms with Crippen LogP contribution in [0.25, 0.3) is 0 Å². The lowest BCUT2D eigenvalue weighted by Crippen LogP contribution is -2.52. The summed E-state index contributed by atoms with van der Waals surface area (Å²) >= 11 is 0. The standard InChI is InChI=1S/C9H16N2O3/c12-7-1-3-11(5-7)9(13)8-6-14-4-2-10-8/h7-8,10,12H,1-6H2. The molecule has 0 bridgehead atoms. The van der Waals surface area contributed by atoms with Crippen LogP contribution in [0.15, 0.2) is 0 Å². The molecule has 1 amide bonds. The van der Waals surface area contributed by atoms with Gasteiger partial charge in [0.05, 0.1) is 19.3 Å². The molecule has 2 saturated heterocycles. The molecule has 2 heterocycles. The summed E-state index contributed by atoms with van der Waals surface area (Å²) in [5, 5.41) is 12.4. The molecule has 5 heteroatoms. The van der Waals surface area contributed by atoms with Crippen molar-refractivity contribution in [1.82, 2.24) is 10.2 Å². The second kappa shape index (κ2) is 4.25. The van der Waals surface area contributed by atoms with Gasteiger partial charge >= 0.3 is 0 Å². The second-order valence-corrected chi connectivity index (χ2v) is 3.81. The molecule has 14 heavy (non-hydrogen) atoms. The predicted octanol–water partition coefficient (Wildman–Crippen LogP) is -1.43. The molecule has 2 rings (SSSR count). The van der Waals surface area contributed by atoms with E-state index in [0.717, 1.165) is 6.54 Å². The van der Waals surface area contributed by atoms with Crippen LogP contribution in [0.1, 0.15) is 6.42 Å². The third kappa shape index (κ3) is 2.05. The number of hydrogen-bond donors (Lipinski definition) is 2. The van der Waals surface area contributed by atoms with Crippen LogP contribution in [-0.4, -0.2) is 60.9 Å². The lowest BCUT2D eigenvalue weighted by atomic mass is 10.2. The Labute approximate surface area is 83.0 Å². The molecule has 0 aromatic heterocycles. The minimum Gasteiger partial charge on any atom is -0.391 e. The number of ether oxygens (including phenoxy) is 1. The van der Waals surface area contributed by atoms with E-state index < -0.39 is 0 Å². The molecule has 2 N–H and O–H groups in total. The first kappa shape index (κ1) is 9.89. The van der Waals surface area contributed by atoms with Crippen molar-refractivity contribution in [3.05, 3.63) is 0 Å². The lowest BCUT2D eigenvalue weighted by molar-refractivity contribution is -0.135. The summed E-state index contributed by atoms with van der Waals surface area (Å²) in [7, 11) is 0. The first-order valence-electron chi connectivity index (χ1n) is 5.05. The maximum Gasteiger partial charge on any atom is 0.242 e. The van der Waals surface area contributed by atoms with E-state index in [9.17, 15) is 9.90 Å². The van der Waals surface area contributed by atoms with Crippen molar-refractivity contribution < 1.29 is 14.6 Å². The van der Waals surface area contributed by atoms with E-state index in [0.29, 0.717) is 32.7 Å². The Kier molecular flexibility index (Phi) is 3.00. The first-order valence-corrected chi connectivity index (χ1v) is 5.05. The van der Waals surface area contributed by atoms with E-state index in [2.05, 4.69) is 5.32 Å². The minimum atomic E-state index is -0.344. The molecule has 2 aliphatic heterocycles. The van der Waals surface area contributed by atoms with Gasteiger partial charge in [-0.25, -0.2) is 0 Å². The van der Waals surface area contributed by atoms with Gasteiger partial charge in [0.1, 0.15) is 6.04 Å². The Bertz CT molecular complexity index is 209. The first-order chi connectivity index (χ1) is 6.77. The Morgan fingerprint density at radius 1 is 1.57 bits per heavy atom. The largest absolute Gasteiger partial charge is 0.391 e. The summed E-state index contributed by atoms with van der Waals surface area (Å²) in [5.41, 5.74) is 0. The van der Waals surface area contributed by atoms with Crippen LogP contribution in [0.4, 0.5) is 0 Å². The van der Waals surface area contributed by atoms with Crippen LogP contribution >= 0.6 is 0 Å². The van der Waals surface area contributed by atoms with Crippen LogP contribution in [0.5, 0.6) is 0 Å². The number of carbonyl (C=O) groups excluding carboxylic acids is 1. The number of aliphatic hydroxyl groups is 1. The molecule has 80 valence electrons. The Hall–Kier alpha value is -0.650. The summed E-state index contributed by atoms with van der Waals surface area (Å²) in [6, 6.07) is -0.214. The Balaban J connectivity index is 1.87. The Morgan fingerprint density at radius 2 is 2.43 bits per heavy atom. The molecule has 0 spiro atoms. The van der Waals surface area contributed by atoms with Gasteiger partial charge < -0.3 is 20.1 Å². The monoisotopic (exact) mass is 200 g/mol. The van der Waals surface area contributed by atoms with E-state index in [1.54, 1.807) is 4.90 Å². The maximum atomic E-state index is 11.8. The number of carbonyl (C=O) groups is 1. The fraction of sp³-hybridized carbons (Fsp3) is 0.889. The zero-order valence-corrected chi connectivity index (χ0v) is 8.11. The van der Waals surface area contributed by atoms with Crippen LogP contribution < -0.4 is 5.32 Å². The van der Waals surface area contributed by atoms with Gasteiger partial charge in [-0.3, -0.25) is 4.79 Å². The third-order valence-corrected chi connectivity index (χ3v) is 2.69. The number of nitrogens with one attached hydrogen (secondary N) is 1. The minimum absolute atomic E-state index is 0.0567. The highest BCUT2D eigenvalue weighted by molar-refractivity contribution is 5.82. The van der Waals surface area contributed by atoms with E-state index in [-0.39, 0.29) is 18.1 Å². The molecule has 0 aromatic carbocycles. The maximum absolute atomic E-state index is 11.8. The second-order valence-electron chi connectivity index (χ2n) is 3.81. The average molecular weight is 200 g/mol. The number of rotatable bonds is 1. The van der Waals surface area contributed by atoms with Gasteiger partial charge in [0.15, 0.2) is 0 Å². The molecule has 2 fully saturated rings. The van der Waals surface area contributed by atoms with Crippen LogP contribution in [0, 0.1) is 0 Å². The summed E-state index contributed by atoms with van der Waals surface area (Å²) < 4.78 is 5.22. The predicted molar refractivity (Wildman–Crippen MR) is 49.8 cm³/mol. The van der Waals surface area contributed by atoms with Gasteiger partial charge in [-0.05, 0) is 6.42 Å². The van der Waals surface area contributed by atoms with Crippen molar-refractivity contribution in [3.63, 3.8) is 0 Å². The molecule has 2 aliphatic rings. The van der Waals surface area contributed by atoms with E-state index in [4.69, 9.17) is 4.74 Å². The summed E-state index contributed by atoms with van der Waals surface area (Å²) in [4.78, 5) is 13.5. The third-order valence-electron chi connectivity index (χ3n) is 2.69. The molecular weight excluding hydrogens is 184 g/mol. The molecule has 0 aliphatic carbocycles. The number of amides is 1. The Morgan fingerprint density at radius 3 is 3.00 bits per heavy atom. The van der Waals surface area contributed by atoms with Gasteiger partial charge in [0.25, 0.3) is 0 Å². The number of hydrogen-bond acceptors (Lipinski definition) is 4. The van der Waals surface area contributed by atoms with E-state index in [1.807, 2.05) is 0 Å². The summed E-state index contributed by atoms with van der Waals surface area (Å²) in [6.45, 7) is 2.99. The molecule has 2 atom stereocenters. The highest BCUT2D eigenvalue weighted by Crippen LogP contribution is 2.11. The molecule has 2 unspecified atom stereocenters. The van der Waals surface area contributed by atoms with E-state index >= 15 is 0 Å². The zero-order valence-electron chi connectivity index (χ0n) is 8.11. The summed E-state index contributed by atoms with van der Waals surface area (Å²) in [6.07, 6.45) is 0.350. The smallest absolute Gasteiger partial charge is 0.242 e. The normalized spacial score (nSPS) is 33.4. The van der Waals surface area contributed by atoms with Crippen molar-refractivity contribution in [3.8, 4) is 0 Å². The van der Waals surface area contributed by atoms with Gasteiger partial charge in [0, 0.05) is 19.6 Å². The average Bonchev–Trinajstić information content (AvgIpc) is 2.65. The molecular formula is C9H16N2O3. The topological polar surface area (TPSA) is 61.8 Å². The lowest BCUT2D eigenvalue weighted by Gasteiger charge is -2.27. The molecule has 0 aromatic rings. The van der Waals surface area contributed by atoms with Gasteiger partial charge in [0.2, 0.25) is 5.91 Å². The molecule has 0 saturated carbocycles. The number of aliphatic hydroxyl groups excluding tert-OH is 1. The van der Waals surface area contributed by atoms with Crippen molar-refractivity contribution in [2.75, 3.05) is 32.8 Å². The number of likely N-dealkylation sites (tertiary alicyclic amines) is 1. The van der Waals surface area contributed by atoms with Crippen LogP contribution in [0.3, 0.4) is 0 Å². The van der Waals surface area contributed by atoms with Crippen molar-refractivity contribution in [1.29, 1.82) is 0 Å². The quantitative estimate of drug-likeness (QED) is 0.544. The number of nitrogens with zero attached hydrogens (tertiary/aromatic N) is 1. The fourth-order valence-electron chi connectivity index (χ4n) is 1.89. The van der Waals surface area contributed by atoms with Crippen molar-refractivity contribution in [2.24, 2.45) is 0 Å². The number of morpholine rings is 1. The zero-order chi connectivity index (χ0) is 9.97. The molecule has 0 radical (unpaired) electrons. The van der Waals surface area contributed by atoms with Gasteiger partial charge in [-0.1, -0.05) is 0 Å². The van der Waals surface area contributed by atoms with Crippen LogP contribution in [0.2, 0.25) is 0 Å². The van der Waals surface area contributed by atoms with Gasteiger partial charge in [-0.15, -0.1) is 0 Å². The highest BCUT2D eigenvalue weighted by Gasteiger charge is 2.30. The summed E-state index contributed by atoms with van der Waals surface area (Å²) in [5.74, 6) is 0.0567. The van der Waals surface area contributed by atoms with Crippen LogP contribution in [-0.2, 0) is 9.53 Å². The molecule has 5 nitrogen and oxygen atoms in total. The highest BCUT2D eigenvalue weighted by atomic mass is 16.5.